The molecule has 0 aliphatic carbocycles. The summed E-state index contributed by atoms with van der Waals surface area (Å²) in [6, 6.07) is 9.29. The van der Waals surface area contributed by atoms with Crippen molar-refractivity contribution in [3.63, 3.8) is 0 Å². The maximum absolute atomic E-state index is 15.0. The third-order valence-corrected chi connectivity index (χ3v) is 9.39. The summed E-state index contributed by atoms with van der Waals surface area (Å²) < 4.78 is 24.9. The molecule has 0 unspecified atom stereocenters. The summed E-state index contributed by atoms with van der Waals surface area (Å²) in [6.45, 7) is 6.07. The van der Waals surface area contributed by atoms with Crippen molar-refractivity contribution in [2.75, 3.05) is 19.5 Å². The first-order valence-electron chi connectivity index (χ1n) is 10.4. The molecule has 4 rings (SSSR count). The van der Waals surface area contributed by atoms with Crippen molar-refractivity contribution >= 4 is 36.8 Å². The molecule has 1 atom stereocenters. The van der Waals surface area contributed by atoms with Crippen molar-refractivity contribution in [3.05, 3.63) is 54.1 Å². The van der Waals surface area contributed by atoms with Gasteiger partial charge in [-0.3, -0.25) is 9.98 Å². The topological polar surface area (TPSA) is 97.8 Å². The number of benzene rings is 1. The Kier molecular flexibility index (Phi) is 5.54. The highest BCUT2D eigenvalue weighted by Gasteiger charge is 2.43. The fraction of sp³-hybridized carbons (Fsp3) is 0.348. The van der Waals surface area contributed by atoms with Crippen LogP contribution in [0.4, 0.5) is 15.8 Å². The normalized spacial score (nSPS) is 21.4. The van der Waals surface area contributed by atoms with Crippen LogP contribution in [-0.2, 0) is 5.54 Å². The fourth-order valence-electron chi connectivity index (χ4n) is 4.05. The predicted molar refractivity (Wildman–Crippen MR) is 128 cm³/mol. The van der Waals surface area contributed by atoms with Crippen molar-refractivity contribution < 1.29 is 9.13 Å². The van der Waals surface area contributed by atoms with Crippen molar-refractivity contribution in [2.45, 2.75) is 37.4 Å². The Hall–Kier alpha value is -3.20. The molecule has 3 aromatic rings. The second-order valence-corrected chi connectivity index (χ2v) is 11.6. The molecule has 7 nitrogen and oxygen atoms in total. The molecule has 2 aromatic heterocycles. The summed E-state index contributed by atoms with van der Waals surface area (Å²) in [7, 11) is 2.17. The van der Waals surface area contributed by atoms with E-state index in [2.05, 4.69) is 33.8 Å². The molecule has 0 radical (unpaired) electrons. The zero-order valence-electron chi connectivity index (χ0n) is 18.9. The number of halogens is 1. The standard InChI is InChI=1S/C23H27FN6OSi/c1-22(2)21(25)30-23(3,13-32(22)26-4)16-10-14(6-7-17(16)24)29-18-8-9-27-19-11-15(31-5)12-28-20(18)19/h6-12H,13H2,1-5H3,(H2,25,30)(H,27,29)/t23-/m0/s1. The highest BCUT2D eigenvalue weighted by Crippen LogP contribution is 2.44. The number of rotatable bonds is 4. The molecule has 0 fully saturated rings. The van der Waals surface area contributed by atoms with E-state index in [1.807, 2.05) is 26.1 Å². The van der Waals surface area contributed by atoms with Gasteiger partial charge in [0.05, 0.1) is 30.0 Å². The van der Waals surface area contributed by atoms with Crippen LogP contribution in [0.25, 0.3) is 11.0 Å². The third kappa shape index (κ3) is 3.77. The average molecular weight is 451 g/mol. The van der Waals surface area contributed by atoms with E-state index < -0.39 is 14.1 Å². The number of hydrogen-bond acceptors (Lipinski definition) is 7. The lowest BCUT2D eigenvalue weighted by molar-refractivity contribution is 0.413. The highest BCUT2D eigenvalue weighted by molar-refractivity contribution is 6.57. The number of hydrogen-bond donors (Lipinski definition) is 2. The lowest BCUT2D eigenvalue weighted by Crippen LogP contribution is -2.44. The molecule has 3 heterocycles. The number of nitrogens with zero attached hydrogens (tertiary/aromatic N) is 4. The van der Waals surface area contributed by atoms with Gasteiger partial charge in [-0.05, 0) is 31.2 Å². The summed E-state index contributed by atoms with van der Waals surface area (Å²) in [4.78, 5) is 13.6. The first-order valence-corrected chi connectivity index (χ1v) is 12.0. The van der Waals surface area contributed by atoms with Gasteiger partial charge in [0.25, 0.3) is 0 Å². The molecule has 0 spiro atoms. The van der Waals surface area contributed by atoms with Crippen LogP contribution >= 0.6 is 0 Å². The monoisotopic (exact) mass is 450 g/mol. The molecule has 32 heavy (non-hydrogen) atoms. The Morgan fingerprint density at radius 2 is 1.97 bits per heavy atom. The number of anilines is 2. The van der Waals surface area contributed by atoms with E-state index in [0.717, 1.165) is 11.4 Å². The number of pyridine rings is 2. The lowest BCUT2D eigenvalue weighted by Gasteiger charge is -2.39. The smallest absolute Gasteiger partial charge is 0.139 e. The van der Waals surface area contributed by atoms with Gasteiger partial charge in [0.15, 0.2) is 0 Å². The van der Waals surface area contributed by atoms with Crippen LogP contribution in [0.2, 0.25) is 11.1 Å². The van der Waals surface area contributed by atoms with Crippen LogP contribution in [0.15, 0.2) is 52.4 Å². The second kappa shape index (κ2) is 8.05. The summed E-state index contributed by atoms with van der Waals surface area (Å²) in [5.74, 6) is 0.852. The third-order valence-electron chi connectivity index (χ3n) is 6.12. The minimum atomic E-state index is -1.24. The molecule has 0 saturated carbocycles. The molecular weight excluding hydrogens is 423 g/mol. The van der Waals surface area contributed by atoms with Gasteiger partial charge in [-0.25, -0.2) is 9.37 Å². The Morgan fingerprint density at radius 1 is 1.19 bits per heavy atom. The van der Waals surface area contributed by atoms with Gasteiger partial charge >= 0.3 is 0 Å². The zero-order chi connectivity index (χ0) is 23.1. The van der Waals surface area contributed by atoms with Gasteiger partial charge < -0.3 is 20.4 Å². The molecule has 3 N–H and O–H groups in total. The van der Waals surface area contributed by atoms with Crippen LogP contribution < -0.4 is 15.8 Å². The van der Waals surface area contributed by atoms with E-state index in [4.69, 9.17) is 15.5 Å². The predicted octanol–water partition coefficient (Wildman–Crippen LogP) is 4.78. The number of methoxy groups -OCH3 is 1. The van der Waals surface area contributed by atoms with E-state index >= 15 is 4.39 Å². The number of fused-ring (bicyclic) bond motifs is 1. The molecule has 1 aliphatic heterocycles. The Bertz CT molecular complexity index is 1260. The van der Waals surface area contributed by atoms with Gasteiger partial charge in [0.1, 0.15) is 31.5 Å². The number of ether oxygens (including phenoxy) is 1. The number of amidine groups is 1. The first-order chi connectivity index (χ1) is 15.2. The van der Waals surface area contributed by atoms with Crippen LogP contribution in [0.5, 0.6) is 5.75 Å². The minimum Gasteiger partial charge on any atom is -0.495 e. The molecule has 0 saturated heterocycles. The summed E-state index contributed by atoms with van der Waals surface area (Å²) >= 11 is 0. The van der Waals surface area contributed by atoms with Gasteiger partial charge in [-0.1, -0.05) is 13.8 Å². The molecule has 166 valence electrons. The molecular formula is C23H27FN6OSi. The van der Waals surface area contributed by atoms with Gasteiger partial charge in [-0.2, -0.15) is 0 Å². The van der Waals surface area contributed by atoms with Crippen molar-refractivity contribution in [1.29, 1.82) is 0 Å². The molecule has 0 amide bonds. The van der Waals surface area contributed by atoms with E-state index in [-0.39, 0.29) is 10.9 Å². The number of aliphatic imine (C=N–C) groups is 1. The lowest BCUT2D eigenvalue weighted by atomic mass is 9.92. The summed E-state index contributed by atoms with van der Waals surface area (Å²) in [6.07, 6.45) is 3.34. The van der Waals surface area contributed by atoms with E-state index in [0.29, 0.717) is 34.2 Å². The Balaban J connectivity index is 1.75. The van der Waals surface area contributed by atoms with Gasteiger partial charge in [0, 0.05) is 41.6 Å². The van der Waals surface area contributed by atoms with Crippen LogP contribution in [0.1, 0.15) is 26.3 Å². The van der Waals surface area contributed by atoms with Crippen LogP contribution in [-0.4, -0.2) is 38.6 Å². The minimum absolute atomic E-state index is 0.270. The number of nitrogens with one attached hydrogen (secondary N) is 1. The quantitative estimate of drug-likeness (QED) is 0.558. The Morgan fingerprint density at radius 3 is 2.69 bits per heavy atom. The van der Waals surface area contributed by atoms with Gasteiger partial charge in [0.2, 0.25) is 0 Å². The number of nitrogens with two attached hydrogens (primary N) is 1. The van der Waals surface area contributed by atoms with E-state index in [9.17, 15) is 0 Å². The summed E-state index contributed by atoms with van der Waals surface area (Å²) in [5.41, 5.74) is 8.96. The van der Waals surface area contributed by atoms with Crippen molar-refractivity contribution in [1.82, 2.24) is 9.97 Å². The maximum atomic E-state index is 15.0. The molecule has 1 aliphatic rings. The van der Waals surface area contributed by atoms with Crippen molar-refractivity contribution in [3.8, 4) is 5.75 Å². The average Bonchev–Trinajstić information content (AvgIpc) is 2.77. The van der Waals surface area contributed by atoms with E-state index in [1.165, 1.54) is 6.07 Å². The van der Waals surface area contributed by atoms with Crippen molar-refractivity contribution in [2.24, 2.45) is 15.4 Å². The van der Waals surface area contributed by atoms with Crippen LogP contribution in [0, 0.1) is 5.82 Å². The second-order valence-electron chi connectivity index (χ2n) is 8.66. The Labute approximate surface area is 188 Å². The molecule has 1 aromatic carbocycles. The highest BCUT2D eigenvalue weighted by atomic mass is 28.2. The SMILES string of the molecule is CN=[Si]1C[C@@](C)(c2cc(Nc3ccnc4cc(OC)cnc34)ccc2F)N=C(N)C1(C)C. The summed E-state index contributed by atoms with van der Waals surface area (Å²) in [5, 5.41) is 3.09. The zero-order valence-corrected chi connectivity index (χ0v) is 19.9. The number of aromatic nitrogens is 2. The van der Waals surface area contributed by atoms with Gasteiger partial charge in [-0.15, -0.1) is 0 Å². The fourth-order valence-corrected chi connectivity index (χ4v) is 6.48. The molecule has 0 bridgehead atoms. The van der Waals surface area contributed by atoms with E-state index in [1.54, 1.807) is 31.6 Å². The molecule has 9 heteroatoms. The van der Waals surface area contributed by atoms with Crippen LogP contribution in [0.3, 0.4) is 0 Å². The maximum Gasteiger partial charge on any atom is 0.139 e. The largest absolute Gasteiger partial charge is 0.495 e. The first kappa shape index (κ1) is 22.0.